The number of amidine groups is 1. The maximum atomic E-state index is 11.3. The number of hydrogen-bond donors (Lipinski definition) is 1. The van der Waals surface area contributed by atoms with Crippen LogP contribution in [0.3, 0.4) is 0 Å². The molecule has 1 fully saturated rings. The van der Waals surface area contributed by atoms with Crippen molar-refractivity contribution in [2.75, 3.05) is 30.9 Å². The van der Waals surface area contributed by atoms with Crippen molar-refractivity contribution >= 4 is 45.6 Å². The van der Waals surface area contributed by atoms with E-state index in [2.05, 4.69) is 16.9 Å². The van der Waals surface area contributed by atoms with Crippen molar-refractivity contribution in [1.82, 2.24) is 5.32 Å². The zero-order valence-corrected chi connectivity index (χ0v) is 14.2. The minimum Gasteiger partial charge on any atom is -0.497 e. The van der Waals surface area contributed by atoms with E-state index < -0.39 is 4.92 Å². The van der Waals surface area contributed by atoms with Crippen molar-refractivity contribution in [3.8, 4) is 5.75 Å². The molecule has 9 heteroatoms. The molecule has 0 atom stereocenters. The van der Waals surface area contributed by atoms with Crippen LogP contribution in [0.15, 0.2) is 35.8 Å². The Hall–Kier alpha value is -2.13. The molecule has 1 aromatic rings. The minimum atomic E-state index is -0.413. The van der Waals surface area contributed by atoms with Gasteiger partial charge in [0, 0.05) is 31.0 Å². The Labute approximate surface area is 143 Å². The molecule has 1 saturated heterocycles. The Kier molecular flexibility index (Phi) is 5.94. The van der Waals surface area contributed by atoms with E-state index in [1.807, 2.05) is 0 Å². The average molecular weight is 352 g/mol. The zero-order valence-electron chi connectivity index (χ0n) is 12.5. The third kappa shape index (κ3) is 4.20. The van der Waals surface area contributed by atoms with Crippen molar-refractivity contribution in [2.24, 2.45) is 4.99 Å². The van der Waals surface area contributed by atoms with Crippen molar-refractivity contribution < 1.29 is 9.66 Å². The number of nitro benzene ring substituents is 1. The van der Waals surface area contributed by atoms with Crippen molar-refractivity contribution in [2.45, 2.75) is 0 Å². The van der Waals surface area contributed by atoms with Gasteiger partial charge in [-0.15, -0.1) is 6.58 Å². The van der Waals surface area contributed by atoms with Crippen molar-refractivity contribution in [1.29, 1.82) is 0 Å². The van der Waals surface area contributed by atoms with Crippen LogP contribution in [0.5, 0.6) is 5.75 Å². The zero-order chi connectivity index (χ0) is 16.8. The molecule has 1 aromatic carbocycles. The first kappa shape index (κ1) is 17.2. The summed E-state index contributed by atoms with van der Waals surface area (Å²) in [5, 5.41) is 15.2. The molecule has 0 unspecified atom stereocenters. The molecule has 0 saturated carbocycles. The van der Waals surface area contributed by atoms with Gasteiger partial charge in [0.2, 0.25) is 0 Å². The molecule has 1 N–H and O–H groups in total. The van der Waals surface area contributed by atoms with Gasteiger partial charge in [0.05, 0.1) is 12.0 Å². The Morgan fingerprint density at radius 3 is 3.13 bits per heavy atom. The molecule has 7 nitrogen and oxygen atoms in total. The Morgan fingerprint density at radius 2 is 2.48 bits per heavy atom. The van der Waals surface area contributed by atoms with Crippen LogP contribution in [0, 0.1) is 10.1 Å². The highest BCUT2D eigenvalue weighted by Crippen LogP contribution is 2.36. The molecule has 1 aliphatic rings. The standard InChI is InChI=1S/C14H16N4O3S2/c1-3-6-15-13(22)16-14-17(7-8-23-14)12-9-10(21-2)4-5-11(12)18(19)20/h3-5,9H,1,6-8H2,2H3,(H,15,22). The fraction of sp³-hybridized carbons (Fsp3) is 0.286. The van der Waals surface area contributed by atoms with Crippen LogP contribution in [0.25, 0.3) is 0 Å². The van der Waals surface area contributed by atoms with E-state index in [0.29, 0.717) is 34.8 Å². The summed E-state index contributed by atoms with van der Waals surface area (Å²) in [6.45, 7) is 4.73. The van der Waals surface area contributed by atoms with Gasteiger partial charge in [-0.2, -0.15) is 4.99 Å². The number of nitrogens with zero attached hydrogens (tertiary/aromatic N) is 3. The predicted molar refractivity (Wildman–Crippen MR) is 97.7 cm³/mol. The van der Waals surface area contributed by atoms with Crippen LogP contribution in [0.4, 0.5) is 11.4 Å². The van der Waals surface area contributed by atoms with Gasteiger partial charge in [0.1, 0.15) is 11.4 Å². The van der Waals surface area contributed by atoms with Crippen molar-refractivity contribution in [3.63, 3.8) is 0 Å². The van der Waals surface area contributed by atoms with Crippen LogP contribution in [-0.4, -0.2) is 41.2 Å². The summed E-state index contributed by atoms with van der Waals surface area (Å²) in [5.74, 6) is 1.33. The normalized spacial score (nSPS) is 15.5. The lowest BCUT2D eigenvalue weighted by Gasteiger charge is -2.18. The number of aliphatic imine (C=N–C) groups is 1. The maximum Gasteiger partial charge on any atom is 0.293 e. The third-order valence-electron chi connectivity index (χ3n) is 3.04. The number of rotatable bonds is 5. The summed E-state index contributed by atoms with van der Waals surface area (Å²) in [7, 11) is 1.52. The molecule has 23 heavy (non-hydrogen) atoms. The molecule has 0 bridgehead atoms. The highest BCUT2D eigenvalue weighted by molar-refractivity contribution is 8.14. The van der Waals surface area contributed by atoms with Crippen LogP contribution >= 0.6 is 24.0 Å². The number of thioether (sulfide) groups is 1. The Bertz CT molecular complexity index is 663. The van der Waals surface area contributed by atoms with Gasteiger partial charge in [-0.25, -0.2) is 0 Å². The SMILES string of the molecule is C=CCNC(=S)N=C1SCCN1c1cc(OC)ccc1[N+](=O)[O-]. The van der Waals surface area contributed by atoms with E-state index in [9.17, 15) is 10.1 Å². The van der Waals surface area contributed by atoms with E-state index in [1.54, 1.807) is 23.1 Å². The average Bonchev–Trinajstić information content (AvgIpc) is 3.00. The molecule has 0 radical (unpaired) electrons. The first-order valence-electron chi connectivity index (χ1n) is 6.77. The monoisotopic (exact) mass is 352 g/mol. The highest BCUT2D eigenvalue weighted by Gasteiger charge is 2.28. The molecule has 1 aliphatic heterocycles. The number of ether oxygens (including phenoxy) is 1. The molecule has 0 spiro atoms. The van der Waals surface area contributed by atoms with E-state index in [-0.39, 0.29) is 5.69 Å². The largest absolute Gasteiger partial charge is 0.497 e. The summed E-state index contributed by atoms with van der Waals surface area (Å²) in [4.78, 5) is 17.0. The number of methoxy groups -OCH3 is 1. The van der Waals surface area contributed by atoms with Gasteiger partial charge in [-0.05, 0) is 18.3 Å². The van der Waals surface area contributed by atoms with Crippen LogP contribution < -0.4 is 15.0 Å². The molecular weight excluding hydrogens is 336 g/mol. The second-order valence-electron chi connectivity index (χ2n) is 4.48. The second-order valence-corrected chi connectivity index (χ2v) is 5.93. The van der Waals surface area contributed by atoms with Gasteiger partial charge >= 0.3 is 0 Å². The summed E-state index contributed by atoms with van der Waals surface area (Å²) >= 11 is 6.65. The third-order valence-corrected chi connectivity index (χ3v) is 4.23. The van der Waals surface area contributed by atoms with Crippen LogP contribution in [0.1, 0.15) is 0 Å². The lowest BCUT2D eigenvalue weighted by atomic mass is 10.2. The van der Waals surface area contributed by atoms with Gasteiger partial charge < -0.3 is 15.0 Å². The minimum absolute atomic E-state index is 0.00553. The maximum absolute atomic E-state index is 11.3. The van der Waals surface area contributed by atoms with Gasteiger partial charge in [0.15, 0.2) is 10.3 Å². The second kappa shape index (κ2) is 7.93. The molecule has 0 amide bonds. The summed E-state index contributed by atoms with van der Waals surface area (Å²) in [6.07, 6.45) is 1.68. The van der Waals surface area contributed by atoms with Crippen LogP contribution in [0.2, 0.25) is 0 Å². The number of nitrogens with one attached hydrogen (secondary N) is 1. The number of anilines is 1. The lowest BCUT2D eigenvalue weighted by Crippen LogP contribution is -2.28. The van der Waals surface area contributed by atoms with E-state index >= 15 is 0 Å². The molecule has 1 heterocycles. The highest BCUT2D eigenvalue weighted by atomic mass is 32.2. The van der Waals surface area contributed by atoms with Gasteiger partial charge in [-0.1, -0.05) is 17.8 Å². The van der Waals surface area contributed by atoms with E-state index in [0.717, 1.165) is 5.75 Å². The van der Waals surface area contributed by atoms with E-state index in [4.69, 9.17) is 17.0 Å². The molecule has 0 aromatic heterocycles. The smallest absolute Gasteiger partial charge is 0.293 e. The lowest BCUT2D eigenvalue weighted by molar-refractivity contribution is -0.384. The summed E-state index contributed by atoms with van der Waals surface area (Å²) < 4.78 is 5.17. The quantitative estimate of drug-likeness (QED) is 0.377. The summed E-state index contributed by atoms with van der Waals surface area (Å²) in [6, 6.07) is 4.64. The fourth-order valence-electron chi connectivity index (χ4n) is 2.00. The number of thiocarbonyl (C=S) groups is 1. The van der Waals surface area contributed by atoms with Crippen LogP contribution in [-0.2, 0) is 0 Å². The van der Waals surface area contributed by atoms with Gasteiger partial charge in [-0.3, -0.25) is 10.1 Å². The topological polar surface area (TPSA) is 80.0 Å². The van der Waals surface area contributed by atoms with E-state index in [1.165, 1.54) is 24.9 Å². The predicted octanol–water partition coefficient (Wildman–Crippen LogP) is 2.57. The molecule has 122 valence electrons. The van der Waals surface area contributed by atoms with Crippen molar-refractivity contribution in [3.05, 3.63) is 41.0 Å². The number of hydrogen-bond acceptors (Lipinski definition) is 5. The fourth-order valence-corrected chi connectivity index (χ4v) is 3.19. The first-order valence-corrected chi connectivity index (χ1v) is 8.16. The molecule has 2 rings (SSSR count). The Balaban J connectivity index is 2.35. The number of nitro groups is 1. The molecule has 0 aliphatic carbocycles. The van der Waals surface area contributed by atoms with Gasteiger partial charge in [0.25, 0.3) is 5.69 Å². The number of benzene rings is 1. The Morgan fingerprint density at radius 1 is 1.70 bits per heavy atom. The molecular formula is C14H16N4O3S2. The summed E-state index contributed by atoms with van der Waals surface area (Å²) in [5.41, 5.74) is 0.454. The first-order chi connectivity index (χ1) is 11.1.